The first kappa shape index (κ1) is 19.0. The average molecular weight is 402 g/mol. The third-order valence-corrected chi connectivity index (χ3v) is 6.31. The fourth-order valence-electron chi connectivity index (χ4n) is 4.55. The van der Waals surface area contributed by atoms with Gasteiger partial charge < -0.3 is 5.32 Å². The van der Waals surface area contributed by atoms with Crippen LogP contribution in [0, 0.1) is 6.92 Å². The molecule has 1 aromatic heterocycles. The number of aromatic nitrogens is 3. The molecule has 5 rings (SSSR count). The summed E-state index contributed by atoms with van der Waals surface area (Å²) in [6.45, 7) is 5.25. The fourth-order valence-corrected chi connectivity index (χ4v) is 4.55. The number of fused-ring (bicyclic) bond motifs is 1. The minimum Gasteiger partial charge on any atom is -0.349 e. The Kier molecular flexibility index (Phi) is 4.87. The first-order chi connectivity index (χ1) is 14.6. The number of nitrogens with one attached hydrogen (secondary N) is 1. The molecule has 0 atom stereocenters. The van der Waals surface area contributed by atoms with E-state index in [0.29, 0.717) is 5.82 Å². The van der Waals surface area contributed by atoms with Crippen molar-refractivity contribution in [1.82, 2.24) is 25.0 Å². The van der Waals surface area contributed by atoms with Crippen molar-refractivity contribution in [2.24, 2.45) is 0 Å². The molecular formula is C24H27N5O. The van der Waals surface area contributed by atoms with Gasteiger partial charge in [0.05, 0.1) is 0 Å². The monoisotopic (exact) mass is 401 g/mol. The average Bonchev–Trinajstić information content (AvgIpc) is 3.08. The molecule has 2 aliphatic heterocycles. The van der Waals surface area contributed by atoms with E-state index >= 15 is 0 Å². The van der Waals surface area contributed by atoms with E-state index in [9.17, 15) is 4.79 Å². The Morgan fingerprint density at radius 1 is 1.03 bits per heavy atom. The SMILES string of the molecule is Cc1ccc(CN2CCC3(CC2)Cc2nc(-c4ccccc4)nn2CC(=O)N3)cc1. The second-order valence-corrected chi connectivity index (χ2v) is 8.64. The Morgan fingerprint density at radius 2 is 1.77 bits per heavy atom. The van der Waals surface area contributed by atoms with Crippen LogP contribution < -0.4 is 5.32 Å². The lowest BCUT2D eigenvalue weighted by atomic mass is 9.84. The lowest BCUT2D eigenvalue weighted by molar-refractivity contribution is -0.123. The molecule has 1 N–H and O–H groups in total. The summed E-state index contributed by atoms with van der Waals surface area (Å²) in [4.78, 5) is 19.9. The number of piperidine rings is 1. The topological polar surface area (TPSA) is 63.1 Å². The molecule has 2 aliphatic rings. The first-order valence-corrected chi connectivity index (χ1v) is 10.7. The van der Waals surface area contributed by atoms with Crippen molar-refractivity contribution < 1.29 is 4.79 Å². The molecule has 30 heavy (non-hydrogen) atoms. The van der Waals surface area contributed by atoms with E-state index in [-0.39, 0.29) is 18.0 Å². The maximum Gasteiger partial charge on any atom is 0.242 e. The maximum absolute atomic E-state index is 12.7. The van der Waals surface area contributed by atoms with Crippen molar-refractivity contribution in [2.45, 2.75) is 44.8 Å². The van der Waals surface area contributed by atoms with Crippen LogP contribution in [0.3, 0.4) is 0 Å². The van der Waals surface area contributed by atoms with Gasteiger partial charge in [0.15, 0.2) is 5.82 Å². The third-order valence-electron chi connectivity index (χ3n) is 6.31. The van der Waals surface area contributed by atoms with Gasteiger partial charge in [-0.15, -0.1) is 0 Å². The largest absolute Gasteiger partial charge is 0.349 e. The number of likely N-dealkylation sites (tertiary alicyclic amines) is 1. The van der Waals surface area contributed by atoms with Gasteiger partial charge in [0.25, 0.3) is 0 Å². The minimum atomic E-state index is -0.226. The Labute approximate surface area is 176 Å². The van der Waals surface area contributed by atoms with Crippen LogP contribution in [0.25, 0.3) is 11.4 Å². The van der Waals surface area contributed by atoms with Crippen LogP contribution in [0.5, 0.6) is 0 Å². The molecule has 2 aromatic carbocycles. The van der Waals surface area contributed by atoms with Crippen molar-refractivity contribution in [3.63, 3.8) is 0 Å². The van der Waals surface area contributed by atoms with Gasteiger partial charge >= 0.3 is 0 Å². The molecule has 154 valence electrons. The minimum absolute atomic E-state index is 0.0326. The van der Waals surface area contributed by atoms with Crippen molar-refractivity contribution in [1.29, 1.82) is 0 Å². The number of nitrogens with zero attached hydrogens (tertiary/aromatic N) is 4. The van der Waals surface area contributed by atoms with Crippen LogP contribution in [0.4, 0.5) is 0 Å². The van der Waals surface area contributed by atoms with Crippen LogP contribution in [-0.4, -0.2) is 44.2 Å². The van der Waals surface area contributed by atoms with Gasteiger partial charge in [-0.1, -0.05) is 60.2 Å². The number of benzene rings is 2. The van der Waals surface area contributed by atoms with Crippen LogP contribution in [0.1, 0.15) is 29.8 Å². The highest BCUT2D eigenvalue weighted by molar-refractivity contribution is 5.77. The summed E-state index contributed by atoms with van der Waals surface area (Å²) in [6, 6.07) is 18.7. The highest BCUT2D eigenvalue weighted by Gasteiger charge is 2.39. The number of rotatable bonds is 3. The van der Waals surface area contributed by atoms with Crippen LogP contribution >= 0.6 is 0 Å². The summed E-state index contributed by atoms with van der Waals surface area (Å²) in [7, 11) is 0. The molecule has 0 saturated carbocycles. The second-order valence-electron chi connectivity index (χ2n) is 8.64. The van der Waals surface area contributed by atoms with Crippen LogP contribution in [0.2, 0.25) is 0 Å². The predicted molar refractivity (Wildman–Crippen MR) is 116 cm³/mol. The molecule has 0 bridgehead atoms. The van der Waals surface area contributed by atoms with Gasteiger partial charge in [-0.05, 0) is 25.3 Å². The van der Waals surface area contributed by atoms with Crippen LogP contribution in [-0.2, 0) is 24.3 Å². The predicted octanol–water partition coefficient (Wildman–Crippen LogP) is 2.96. The van der Waals surface area contributed by atoms with E-state index in [0.717, 1.165) is 50.3 Å². The summed E-state index contributed by atoms with van der Waals surface area (Å²) < 4.78 is 1.78. The van der Waals surface area contributed by atoms with E-state index in [1.165, 1.54) is 11.1 Å². The van der Waals surface area contributed by atoms with Gasteiger partial charge in [-0.2, -0.15) is 5.10 Å². The van der Waals surface area contributed by atoms with Crippen molar-refractivity contribution in [3.8, 4) is 11.4 Å². The third kappa shape index (κ3) is 3.87. The molecule has 0 unspecified atom stereocenters. The summed E-state index contributed by atoms with van der Waals surface area (Å²) in [5.74, 6) is 1.64. The second kappa shape index (κ2) is 7.69. The van der Waals surface area contributed by atoms with Crippen molar-refractivity contribution in [2.75, 3.05) is 13.1 Å². The first-order valence-electron chi connectivity index (χ1n) is 10.7. The lowest BCUT2D eigenvalue weighted by Crippen LogP contribution is -2.56. The molecule has 6 nitrogen and oxygen atoms in total. The van der Waals surface area contributed by atoms with E-state index in [4.69, 9.17) is 4.98 Å². The summed E-state index contributed by atoms with van der Waals surface area (Å²) in [5.41, 5.74) is 3.39. The van der Waals surface area contributed by atoms with Gasteiger partial charge in [0.2, 0.25) is 5.91 Å². The van der Waals surface area contributed by atoms with Gasteiger partial charge in [0, 0.05) is 37.2 Å². The summed E-state index contributed by atoms with van der Waals surface area (Å²) in [5, 5.41) is 7.93. The number of amides is 1. The molecule has 1 fully saturated rings. The van der Waals surface area contributed by atoms with Crippen molar-refractivity contribution >= 4 is 5.91 Å². The number of hydrogen-bond acceptors (Lipinski definition) is 4. The zero-order chi connectivity index (χ0) is 20.6. The molecule has 3 heterocycles. The zero-order valence-corrected chi connectivity index (χ0v) is 17.3. The Balaban J connectivity index is 1.31. The Morgan fingerprint density at radius 3 is 2.50 bits per heavy atom. The Bertz CT molecular complexity index is 1030. The highest BCUT2D eigenvalue weighted by Crippen LogP contribution is 2.29. The van der Waals surface area contributed by atoms with E-state index in [2.05, 4.69) is 46.5 Å². The van der Waals surface area contributed by atoms with Gasteiger partial charge in [-0.25, -0.2) is 9.67 Å². The smallest absolute Gasteiger partial charge is 0.242 e. The fraction of sp³-hybridized carbons (Fsp3) is 0.375. The van der Waals surface area contributed by atoms with Gasteiger partial charge in [0.1, 0.15) is 12.4 Å². The Hall–Kier alpha value is -2.99. The summed E-state index contributed by atoms with van der Waals surface area (Å²) >= 11 is 0. The van der Waals surface area contributed by atoms with Gasteiger partial charge in [-0.3, -0.25) is 9.69 Å². The van der Waals surface area contributed by atoms with E-state index < -0.39 is 0 Å². The molecule has 0 radical (unpaired) electrons. The molecule has 6 heteroatoms. The maximum atomic E-state index is 12.7. The standard InChI is InChI=1S/C24H27N5O/c1-18-7-9-19(10-8-18)16-28-13-11-24(12-14-28)15-21-25-23(20-5-3-2-4-6-20)27-29(21)17-22(30)26-24/h2-10H,11-17H2,1H3,(H,26,30). The highest BCUT2D eigenvalue weighted by atomic mass is 16.2. The number of hydrogen-bond donors (Lipinski definition) is 1. The molecule has 3 aromatic rings. The van der Waals surface area contributed by atoms with E-state index in [1.807, 2.05) is 30.3 Å². The van der Waals surface area contributed by atoms with Crippen LogP contribution in [0.15, 0.2) is 54.6 Å². The molecule has 1 spiro atoms. The zero-order valence-electron chi connectivity index (χ0n) is 17.3. The molecule has 0 aliphatic carbocycles. The number of carbonyl (C=O) groups excluding carboxylic acids is 1. The lowest BCUT2D eigenvalue weighted by Gasteiger charge is -2.41. The molecule has 1 amide bonds. The summed E-state index contributed by atoms with van der Waals surface area (Å²) in [6.07, 6.45) is 2.59. The molecule has 1 saturated heterocycles. The normalized spacial score (nSPS) is 18.6. The van der Waals surface area contributed by atoms with Crippen molar-refractivity contribution in [3.05, 3.63) is 71.5 Å². The van der Waals surface area contributed by atoms with E-state index in [1.54, 1.807) is 4.68 Å². The molecular weight excluding hydrogens is 374 g/mol. The number of carbonyl (C=O) groups is 1. The quantitative estimate of drug-likeness (QED) is 0.733. The number of aryl methyl sites for hydroxylation is 1.